The lowest BCUT2D eigenvalue weighted by atomic mass is 10.1. The molecule has 6 nitrogen and oxygen atoms in total. The largest absolute Gasteiger partial charge is 0.497 e. The highest BCUT2D eigenvalue weighted by atomic mass is 32.1. The number of anilines is 1. The summed E-state index contributed by atoms with van der Waals surface area (Å²) >= 11 is 1.38. The minimum absolute atomic E-state index is 0.708. The Morgan fingerprint density at radius 2 is 1.96 bits per heavy atom. The average molecular weight is 329 g/mol. The molecule has 3 rings (SSSR count). The van der Waals surface area contributed by atoms with Gasteiger partial charge in [-0.15, -0.1) is 0 Å². The molecule has 0 atom stereocenters. The van der Waals surface area contributed by atoms with Crippen molar-refractivity contribution in [1.29, 1.82) is 0 Å². The van der Waals surface area contributed by atoms with Gasteiger partial charge in [0.25, 0.3) is 0 Å². The molecule has 2 heterocycles. The zero-order chi connectivity index (χ0) is 16.6. The third kappa shape index (κ3) is 2.92. The maximum absolute atomic E-state index is 5.38. The fourth-order valence-corrected chi connectivity index (χ4v) is 3.14. The van der Waals surface area contributed by atoms with E-state index in [0.29, 0.717) is 5.95 Å². The lowest BCUT2D eigenvalue weighted by Gasteiger charge is -2.11. The second kappa shape index (κ2) is 6.00. The van der Waals surface area contributed by atoms with E-state index in [4.69, 9.17) is 4.74 Å². The zero-order valence-corrected chi connectivity index (χ0v) is 14.7. The van der Waals surface area contributed by atoms with Crippen LogP contribution >= 0.6 is 11.5 Å². The van der Waals surface area contributed by atoms with Gasteiger partial charge in [-0.2, -0.15) is 14.5 Å². The van der Waals surface area contributed by atoms with Crippen LogP contribution in [0, 0.1) is 13.8 Å². The summed E-state index contributed by atoms with van der Waals surface area (Å²) in [5.74, 6) is 1.49. The Morgan fingerprint density at radius 3 is 2.52 bits per heavy atom. The summed E-state index contributed by atoms with van der Waals surface area (Å²) in [7, 11) is 5.53. The summed E-state index contributed by atoms with van der Waals surface area (Å²) in [6.07, 6.45) is 0. The summed E-state index contributed by atoms with van der Waals surface area (Å²) in [5, 5.41) is 5.45. The average Bonchev–Trinajstić information content (AvgIpc) is 3.13. The Kier molecular flexibility index (Phi) is 4.04. The molecule has 0 aliphatic carbocycles. The molecular formula is C16H19N5OS. The Bertz CT molecular complexity index is 837. The second-order valence-electron chi connectivity index (χ2n) is 5.52. The summed E-state index contributed by atoms with van der Waals surface area (Å²) in [6, 6.07) is 7.96. The van der Waals surface area contributed by atoms with Gasteiger partial charge in [0.15, 0.2) is 0 Å². The number of nitrogens with zero attached hydrogens (tertiary/aromatic N) is 5. The zero-order valence-electron chi connectivity index (χ0n) is 13.9. The Morgan fingerprint density at radius 1 is 1.17 bits per heavy atom. The highest BCUT2D eigenvalue weighted by molar-refractivity contribution is 7.09. The third-order valence-electron chi connectivity index (χ3n) is 3.49. The molecule has 0 bridgehead atoms. The number of aromatic nitrogens is 4. The van der Waals surface area contributed by atoms with Crippen molar-refractivity contribution in [2.75, 3.05) is 26.1 Å². The van der Waals surface area contributed by atoms with Crippen LogP contribution in [-0.2, 0) is 0 Å². The first-order chi connectivity index (χ1) is 11.0. The number of benzene rings is 1. The quantitative estimate of drug-likeness (QED) is 0.736. The Balaban J connectivity index is 2.18. The molecule has 23 heavy (non-hydrogen) atoms. The predicted octanol–water partition coefficient (Wildman–Crippen LogP) is 3.08. The van der Waals surface area contributed by atoms with Gasteiger partial charge in [0, 0.05) is 31.4 Å². The van der Waals surface area contributed by atoms with Crippen LogP contribution in [0.2, 0.25) is 0 Å². The van der Waals surface area contributed by atoms with Crippen molar-refractivity contribution in [2.45, 2.75) is 13.8 Å². The van der Waals surface area contributed by atoms with E-state index in [1.165, 1.54) is 11.5 Å². The highest BCUT2D eigenvalue weighted by Crippen LogP contribution is 2.33. The van der Waals surface area contributed by atoms with E-state index in [9.17, 15) is 0 Å². The number of hydrogen-bond donors (Lipinski definition) is 0. The number of methoxy groups -OCH3 is 1. The van der Waals surface area contributed by atoms with E-state index in [1.807, 2.05) is 55.7 Å². The van der Waals surface area contributed by atoms with Gasteiger partial charge >= 0.3 is 0 Å². The van der Waals surface area contributed by atoms with E-state index in [-0.39, 0.29) is 0 Å². The molecule has 0 unspecified atom stereocenters. The fraction of sp³-hybridized carbons (Fsp3) is 0.312. The van der Waals surface area contributed by atoms with Gasteiger partial charge in [-0.25, -0.2) is 4.68 Å². The van der Waals surface area contributed by atoms with Gasteiger partial charge in [-0.1, -0.05) is 0 Å². The Labute approximate surface area is 139 Å². The molecule has 0 aliphatic rings. The van der Waals surface area contributed by atoms with Crippen LogP contribution in [-0.4, -0.2) is 40.3 Å². The van der Waals surface area contributed by atoms with Crippen LogP contribution in [0.1, 0.15) is 11.4 Å². The molecule has 0 aliphatic heterocycles. The monoisotopic (exact) mass is 329 g/mol. The van der Waals surface area contributed by atoms with E-state index in [1.54, 1.807) is 7.11 Å². The normalized spacial score (nSPS) is 10.8. The van der Waals surface area contributed by atoms with Crippen molar-refractivity contribution >= 4 is 17.5 Å². The Hall–Kier alpha value is -2.41. The van der Waals surface area contributed by atoms with Gasteiger partial charge in [0.2, 0.25) is 5.95 Å². The number of rotatable bonds is 4. The molecule has 1 aromatic carbocycles. The summed E-state index contributed by atoms with van der Waals surface area (Å²) in [4.78, 5) is 6.50. The van der Waals surface area contributed by atoms with Crippen molar-refractivity contribution in [3.05, 3.63) is 35.7 Å². The first kappa shape index (κ1) is 15.5. The van der Waals surface area contributed by atoms with E-state index >= 15 is 0 Å². The van der Waals surface area contributed by atoms with Crippen LogP contribution in [0.25, 0.3) is 16.3 Å². The molecule has 0 amide bonds. The van der Waals surface area contributed by atoms with Crippen molar-refractivity contribution in [3.8, 4) is 22.0 Å². The molecule has 0 fully saturated rings. The van der Waals surface area contributed by atoms with Crippen LogP contribution in [0.5, 0.6) is 5.75 Å². The van der Waals surface area contributed by atoms with Crippen LogP contribution in [0.15, 0.2) is 24.3 Å². The van der Waals surface area contributed by atoms with Gasteiger partial charge in [-0.05, 0) is 43.6 Å². The van der Waals surface area contributed by atoms with Gasteiger partial charge in [0.05, 0.1) is 18.5 Å². The van der Waals surface area contributed by atoms with E-state index in [0.717, 1.165) is 33.4 Å². The fourth-order valence-electron chi connectivity index (χ4n) is 2.37. The molecule has 3 aromatic rings. The topological polar surface area (TPSA) is 56.1 Å². The van der Waals surface area contributed by atoms with Crippen molar-refractivity contribution in [3.63, 3.8) is 0 Å². The molecule has 0 N–H and O–H groups in total. The molecule has 0 radical (unpaired) electrons. The molecule has 120 valence electrons. The molecule has 7 heteroatoms. The minimum Gasteiger partial charge on any atom is -0.497 e. The molecule has 0 saturated heterocycles. The molecule has 0 saturated carbocycles. The summed E-state index contributed by atoms with van der Waals surface area (Å²) < 4.78 is 11.7. The molecule has 2 aromatic heterocycles. The predicted molar refractivity (Wildman–Crippen MR) is 92.8 cm³/mol. The minimum atomic E-state index is 0.708. The number of hydrogen-bond acceptors (Lipinski definition) is 6. The highest BCUT2D eigenvalue weighted by Gasteiger charge is 2.16. The second-order valence-corrected chi connectivity index (χ2v) is 6.27. The molecular weight excluding hydrogens is 310 g/mol. The maximum atomic E-state index is 5.38. The van der Waals surface area contributed by atoms with E-state index in [2.05, 4.69) is 20.5 Å². The van der Waals surface area contributed by atoms with E-state index < -0.39 is 0 Å². The van der Waals surface area contributed by atoms with Gasteiger partial charge < -0.3 is 9.64 Å². The number of aryl methyl sites for hydroxylation is 2. The molecule has 0 spiro atoms. The standard InChI is InChI=1S/C16H19N5OS/c1-10-8-11(2)21(18-10)14-9-12(22-5)6-7-13(14)15-17-16(19-23-15)20(3)4/h6-9H,1-5H3. The van der Waals surface area contributed by atoms with Crippen molar-refractivity contribution < 1.29 is 4.74 Å². The summed E-state index contributed by atoms with van der Waals surface area (Å²) in [5.41, 5.74) is 3.97. The van der Waals surface area contributed by atoms with Crippen LogP contribution in [0.4, 0.5) is 5.95 Å². The van der Waals surface area contributed by atoms with Gasteiger partial charge in [0.1, 0.15) is 10.8 Å². The van der Waals surface area contributed by atoms with Crippen LogP contribution in [0.3, 0.4) is 0 Å². The first-order valence-electron chi connectivity index (χ1n) is 7.22. The lowest BCUT2D eigenvalue weighted by Crippen LogP contribution is -2.10. The number of ether oxygens (including phenoxy) is 1. The summed E-state index contributed by atoms with van der Waals surface area (Å²) in [6.45, 7) is 4.02. The van der Waals surface area contributed by atoms with Gasteiger partial charge in [-0.3, -0.25) is 0 Å². The van der Waals surface area contributed by atoms with Crippen molar-refractivity contribution in [2.24, 2.45) is 0 Å². The smallest absolute Gasteiger partial charge is 0.237 e. The van der Waals surface area contributed by atoms with Crippen LogP contribution < -0.4 is 9.64 Å². The maximum Gasteiger partial charge on any atom is 0.237 e. The SMILES string of the molecule is COc1ccc(-c2nc(N(C)C)ns2)c(-n2nc(C)cc2C)c1. The van der Waals surface area contributed by atoms with Crippen molar-refractivity contribution in [1.82, 2.24) is 19.1 Å². The lowest BCUT2D eigenvalue weighted by molar-refractivity contribution is 0.414. The third-order valence-corrected chi connectivity index (χ3v) is 4.23. The first-order valence-corrected chi connectivity index (χ1v) is 8.00.